The van der Waals surface area contributed by atoms with Crippen molar-refractivity contribution in [3.8, 4) is 0 Å². The van der Waals surface area contributed by atoms with Crippen molar-refractivity contribution in [2.75, 3.05) is 152 Å². The molecule has 51 heavy (non-hydrogen) atoms. The lowest BCUT2D eigenvalue weighted by Crippen LogP contribution is -2.31. The minimum atomic E-state index is 0.0319. The zero-order valence-electron chi connectivity index (χ0n) is 32.9. The van der Waals surface area contributed by atoms with Gasteiger partial charge in [-0.3, -0.25) is 0 Å². The summed E-state index contributed by atoms with van der Waals surface area (Å²) in [6.45, 7) is 14.9. The van der Waals surface area contributed by atoms with Crippen molar-refractivity contribution in [3.05, 3.63) is 0 Å². The minimum Gasteiger partial charge on any atom is -0.394 e. The van der Waals surface area contributed by atoms with Gasteiger partial charge in [-0.15, -0.1) is 0 Å². The van der Waals surface area contributed by atoms with Gasteiger partial charge in [-0.2, -0.15) is 0 Å². The van der Waals surface area contributed by atoms with E-state index in [-0.39, 0.29) is 13.2 Å². The van der Waals surface area contributed by atoms with E-state index in [9.17, 15) is 0 Å². The van der Waals surface area contributed by atoms with Gasteiger partial charge in [0.2, 0.25) is 0 Å². The van der Waals surface area contributed by atoms with E-state index >= 15 is 0 Å². The number of hydrogen-bond donors (Lipinski definition) is 2. The van der Waals surface area contributed by atoms with Crippen molar-refractivity contribution in [1.29, 1.82) is 0 Å². The predicted molar refractivity (Wildman–Crippen MR) is 203 cm³/mol. The summed E-state index contributed by atoms with van der Waals surface area (Å²) in [5.41, 5.74) is 0. The molecule has 0 aromatic rings. The van der Waals surface area contributed by atoms with E-state index in [0.717, 1.165) is 32.7 Å². The van der Waals surface area contributed by atoms with E-state index in [4.69, 9.17) is 52.8 Å². The maximum atomic E-state index is 8.68. The molecular formula is C39H81NO11. The van der Waals surface area contributed by atoms with E-state index < -0.39 is 0 Å². The van der Waals surface area contributed by atoms with Crippen molar-refractivity contribution in [1.82, 2.24) is 4.90 Å². The second kappa shape index (κ2) is 47.5. The van der Waals surface area contributed by atoms with Crippen LogP contribution in [0, 0.1) is 0 Å². The van der Waals surface area contributed by atoms with E-state index in [1.807, 2.05) is 0 Å². The van der Waals surface area contributed by atoms with Crippen LogP contribution in [0.15, 0.2) is 0 Å². The van der Waals surface area contributed by atoms with Gasteiger partial charge in [0.15, 0.2) is 0 Å². The third-order valence-electron chi connectivity index (χ3n) is 8.22. The van der Waals surface area contributed by atoms with Gasteiger partial charge in [0.1, 0.15) is 0 Å². The van der Waals surface area contributed by atoms with Crippen LogP contribution in [-0.4, -0.2) is 167 Å². The largest absolute Gasteiger partial charge is 0.394 e. The van der Waals surface area contributed by atoms with Crippen LogP contribution in [-0.2, 0) is 42.6 Å². The molecule has 0 fully saturated rings. The van der Waals surface area contributed by atoms with E-state index in [1.165, 1.54) is 89.9 Å². The second-order valence-electron chi connectivity index (χ2n) is 12.7. The zero-order valence-corrected chi connectivity index (χ0v) is 32.9. The fraction of sp³-hybridized carbons (Fsp3) is 1.00. The Morgan fingerprint density at radius 2 is 0.549 bits per heavy atom. The maximum absolute atomic E-state index is 8.68. The maximum Gasteiger partial charge on any atom is 0.0701 e. The zero-order chi connectivity index (χ0) is 36.8. The van der Waals surface area contributed by atoms with E-state index in [2.05, 4.69) is 11.8 Å². The summed E-state index contributed by atoms with van der Waals surface area (Å²) in [6.07, 6.45) is 20.2. The average Bonchev–Trinajstić information content (AvgIpc) is 3.14. The Bertz CT molecular complexity index is 577. The lowest BCUT2D eigenvalue weighted by Gasteiger charge is -2.22. The predicted octanol–water partition coefficient (Wildman–Crippen LogP) is 5.29. The first-order chi connectivity index (χ1) is 25.3. The molecular weight excluding hydrogens is 658 g/mol. The molecule has 0 saturated heterocycles. The van der Waals surface area contributed by atoms with Crippen LogP contribution in [0.2, 0.25) is 0 Å². The van der Waals surface area contributed by atoms with Gasteiger partial charge in [-0.1, -0.05) is 90.4 Å². The molecule has 0 aliphatic rings. The fourth-order valence-electron chi connectivity index (χ4n) is 5.32. The minimum absolute atomic E-state index is 0.0319. The molecule has 12 heteroatoms. The van der Waals surface area contributed by atoms with Gasteiger partial charge in [0, 0.05) is 19.7 Å². The van der Waals surface area contributed by atoms with Crippen LogP contribution in [0.1, 0.15) is 103 Å². The summed E-state index contributed by atoms with van der Waals surface area (Å²) in [5.74, 6) is 0. The Hall–Kier alpha value is -0.480. The first kappa shape index (κ1) is 50.5. The highest BCUT2D eigenvalue weighted by Crippen LogP contribution is 2.13. The molecule has 0 aliphatic carbocycles. The summed E-state index contributed by atoms with van der Waals surface area (Å²) in [5, 5.41) is 17.3. The molecule has 0 heterocycles. The molecule has 308 valence electrons. The lowest BCUT2D eigenvalue weighted by atomic mass is 10.0. The van der Waals surface area contributed by atoms with Gasteiger partial charge < -0.3 is 57.7 Å². The SMILES string of the molecule is CCCCCCCCCCCCCCCCN(CCCOCCOCCOCCOCCO)CCOCCOCCOCCOCCOCCO. The molecule has 0 bridgehead atoms. The molecule has 0 saturated carbocycles. The molecule has 12 nitrogen and oxygen atoms in total. The molecule has 0 aromatic carbocycles. The molecule has 0 radical (unpaired) electrons. The van der Waals surface area contributed by atoms with Crippen LogP contribution in [0.4, 0.5) is 0 Å². The summed E-state index contributed by atoms with van der Waals surface area (Å²) in [7, 11) is 0. The molecule has 0 spiro atoms. The van der Waals surface area contributed by atoms with Crippen molar-refractivity contribution < 1.29 is 52.8 Å². The quantitative estimate of drug-likeness (QED) is 0.0788. The summed E-state index contributed by atoms with van der Waals surface area (Å²) < 4.78 is 49.5. The summed E-state index contributed by atoms with van der Waals surface area (Å²) in [4.78, 5) is 2.51. The highest BCUT2D eigenvalue weighted by atomic mass is 16.6. The van der Waals surface area contributed by atoms with Crippen molar-refractivity contribution in [2.24, 2.45) is 0 Å². The van der Waals surface area contributed by atoms with Crippen LogP contribution < -0.4 is 0 Å². The highest BCUT2D eigenvalue weighted by molar-refractivity contribution is 4.59. The number of hydrogen-bond acceptors (Lipinski definition) is 12. The Kier molecular flexibility index (Phi) is 47.1. The Morgan fingerprint density at radius 3 is 0.902 bits per heavy atom. The highest BCUT2D eigenvalue weighted by Gasteiger charge is 2.06. The Morgan fingerprint density at radius 1 is 0.275 bits per heavy atom. The number of ether oxygens (including phenoxy) is 9. The van der Waals surface area contributed by atoms with Crippen LogP contribution in [0.5, 0.6) is 0 Å². The van der Waals surface area contributed by atoms with E-state index in [1.54, 1.807) is 0 Å². The summed E-state index contributed by atoms with van der Waals surface area (Å²) >= 11 is 0. The molecule has 0 rings (SSSR count). The standard InChI is InChI=1S/C39H81NO11/c1-2-3-4-5-6-7-8-9-10-11-12-13-14-15-17-40(18-16-22-43-26-30-47-34-36-49-32-28-45-24-20-41)19-23-44-27-31-48-35-38-51-39-37-50-33-29-46-25-21-42/h41-42H,2-39H2,1H3. The van der Waals surface area contributed by atoms with Crippen LogP contribution in [0.3, 0.4) is 0 Å². The normalized spacial score (nSPS) is 11.8. The monoisotopic (exact) mass is 740 g/mol. The Labute approximate surface area is 312 Å². The first-order valence-electron chi connectivity index (χ1n) is 20.5. The third kappa shape index (κ3) is 45.6. The molecule has 0 atom stereocenters. The number of aliphatic hydroxyl groups is 2. The molecule has 0 aromatic heterocycles. The van der Waals surface area contributed by atoms with Crippen LogP contribution >= 0.6 is 0 Å². The molecule has 0 amide bonds. The van der Waals surface area contributed by atoms with Gasteiger partial charge in [0.05, 0.1) is 126 Å². The lowest BCUT2D eigenvalue weighted by molar-refractivity contribution is -0.0146. The number of rotatable bonds is 47. The average molecular weight is 740 g/mol. The molecule has 0 unspecified atom stereocenters. The van der Waals surface area contributed by atoms with Crippen LogP contribution in [0.25, 0.3) is 0 Å². The van der Waals surface area contributed by atoms with E-state index in [0.29, 0.717) is 112 Å². The third-order valence-corrected chi connectivity index (χ3v) is 8.22. The van der Waals surface area contributed by atoms with Gasteiger partial charge in [-0.25, -0.2) is 0 Å². The van der Waals surface area contributed by atoms with Crippen molar-refractivity contribution >= 4 is 0 Å². The van der Waals surface area contributed by atoms with Crippen molar-refractivity contribution in [2.45, 2.75) is 103 Å². The first-order valence-corrected chi connectivity index (χ1v) is 20.5. The van der Waals surface area contributed by atoms with Gasteiger partial charge in [-0.05, 0) is 19.4 Å². The topological polar surface area (TPSA) is 127 Å². The second-order valence-corrected chi connectivity index (χ2v) is 12.7. The number of nitrogens with zero attached hydrogens (tertiary/aromatic N) is 1. The summed E-state index contributed by atoms with van der Waals surface area (Å²) in [6, 6.07) is 0. The Balaban J connectivity index is 3.93. The fourth-order valence-corrected chi connectivity index (χ4v) is 5.32. The molecule has 2 N–H and O–H groups in total. The van der Waals surface area contributed by atoms with Gasteiger partial charge >= 0.3 is 0 Å². The number of unbranched alkanes of at least 4 members (excludes halogenated alkanes) is 13. The smallest absolute Gasteiger partial charge is 0.0701 e. The number of aliphatic hydroxyl groups excluding tert-OH is 2. The molecule has 0 aliphatic heterocycles. The van der Waals surface area contributed by atoms with Gasteiger partial charge in [0.25, 0.3) is 0 Å². The van der Waals surface area contributed by atoms with Crippen molar-refractivity contribution in [3.63, 3.8) is 0 Å².